The Kier molecular flexibility index (Phi) is 6.82. The van der Waals surface area contributed by atoms with Crippen molar-refractivity contribution in [3.63, 3.8) is 0 Å². The topological polar surface area (TPSA) is 145 Å². The number of rotatable bonds is 7. The molecule has 0 radical (unpaired) electrons. The van der Waals surface area contributed by atoms with Crippen molar-refractivity contribution in [2.24, 2.45) is 5.92 Å². The first-order chi connectivity index (χ1) is 16.5. The second-order valence-corrected chi connectivity index (χ2v) is 11.8. The van der Waals surface area contributed by atoms with Gasteiger partial charge in [-0.25, -0.2) is 17.6 Å². The van der Waals surface area contributed by atoms with Crippen LogP contribution in [0.2, 0.25) is 0 Å². The molecule has 0 spiro atoms. The zero-order valence-corrected chi connectivity index (χ0v) is 21.0. The van der Waals surface area contributed by atoms with Crippen molar-refractivity contribution in [3.05, 3.63) is 47.3 Å². The first-order valence-electron chi connectivity index (χ1n) is 11.6. The molecule has 4 atom stereocenters. The van der Waals surface area contributed by atoms with Crippen LogP contribution in [0.25, 0.3) is 0 Å². The van der Waals surface area contributed by atoms with E-state index in [9.17, 15) is 32.3 Å². The molecule has 2 heterocycles. The van der Waals surface area contributed by atoms with E-state index < -0.39 is 50.6 Å². The average Bonchev–Trinajstić information content (AvgIpc) is 3.67. The first kappa shape index (κ1) is 26.4. The highest BCUT2D eigenvalue weighted by Gasteiger charge is 2.61. The van der Waals surface area contributed by atoms with E-state index in [-0.39, 0.29) is 43.8 Å². The third kappa shape index (κ3) is 4.69. The maximum atomic E-state index is 14.7. The van der Waals surface area contributed by atoms with E-state index in [1.165, 1.54) is 12.1 Å². The normalized spacial score (nSPS) is 28.6. The molecule has 196 valence electrons. The van der Waals surface area contributed by atoms with E-state index in [1.54, 1.807) is 6.07 Å². The lowest BCUT2D eigenvalue weighted by molar-refractivity contribution is -0.130. The van der Waals surface area contributed by atoms with Crippen LogP contribution in [0.1, 0.15) is 48.3 Å². The number of hydrogen-bond acceptors (Lipinski definition) is 6. The van der Waals surface area contributed by atoms with E-state index in [1.807, 2.05) is 0 Å². The number of nitrogens with zero attached hydrogens (tertiary/aromatic N) is 1. The van der Waals surface area contributed by atoms with E-state index >= 15 is 0 Å². The van der Waals surface area contributed by atoms with Gasteiger partial charge in [0.2, 0.25) is 15.9 Å². The molecule has 3 fully saturated rings. The van der Waals surface area contributed by atoms with Gasteiger partial charge >= 0.3 is 6.09 Å². The van der Waals surface area contributed by atoms with Crippen molar-refractivity contribution in [3.8, 4) is 0 Å². The molecule has 2 aliphatic heterocycles. The van der Waals surface area contributed by atoms with Gasteiger partial charge in [0.05, 0.1) is 17.8 Å². The molecule has 36 heavy (non-hydrogen) atoms. The number of benzene rings is 1. The number of sulfonamides is 1. The van der Waals surface area contributed by atoms with Gasteiger partial charge in [-0.2, -0.15) is 0 Å². The summed E-state index contributed by atoms with van der Waals surface area (Å²) in [5.41, 5.74) is 0.319. The molecular formula is C23H28ClFN4O6S. The predicted molar refractivity (Wildman–Crippen MR) is 129 cm³/mol. The van der Waals surface area contributed by atoms with E-state index in [4.69, 9.17) is 0 Å². The molecule has 4 aliphatic rings. The van der Waals surface area contributed by atoms with Crippen LogP contribution in [0.5, 0.6) is 0 Å². The molecule has 4 N–H and O–H groups in total. The van der Waals surface area contributed by atoms with Gasteiger partial charge in [0, 0.05) is 24.6 Å². The van der Waals surface area contributed by atoms with Gasteiger partial charge in [0.1, 0.15) is 11.4 Å². The fourth-order valence-electron chi connectivity index (χ4n) is 5.07. The SMILES string of the molecule is C=C[C@@H]1C[C@]1(NC(=O)[C@@H]1C[C@H](c2cc(F)c3c(c2)CN(C(=O)O)C3)CN1)C(=O)NS(=O)(=O)C1CC1.Cl. The molecule has 2 aliphatic carbocycles. The fourth-order valence-corrected chi connectivity index (χ4v) is 6.43. The molecule has 3 amide bonds. The third-order valence-electron chi connectivity index (χ3n) is 7.46. The lowest BCUT2D eigenvalue weighted by Crippen LogP contribution is -2.55. The molecule has 1 aromatic rings. The maximum absolute atomic E-state index is 14.7. The Morgan fingerprint density at radius 2 is 1.97 bits per heavy atom. The molecule has 2 saturated carbocycles. The standard InChI is InChI=1S/C23H27FN4O6S.ClH/c1-2-15-8-23(15,21(30)27-35(33,34)16-3-4-16)26-20(29)19-7-13(9-25-19)12-5-14-10-28(22(31)32)11-17(14)18(24)6-12;/h2,5-6,13,15-16,19,25H,1,3-4,7-11H2,(H,26,29)(H,27,30)(H,31,32);1H/t13-,15+,19-,23+;/m0./s1. The van der Waals surface area contributed by atoms with Crippen molar-refractivity contribution in [2.45, 2.75) is 61.5 Å². The number of nitrogens with one attached hydrogen (secondary N) is 3. The number of fused-ring (bicyclic) bond motifs is 1. The third-order valence-corrected chi connectivity index (χ3v) is 9.28. The van der Waals surface area contributed by atoms with Gasteiger partial charge in [-0.3, -0.25) is 19.2 Å². The van der Waals surface area contributed by atoms with Crippen LogP contribution in [0.15, 0.2) is 24.8 Å². The predicted octanol–water partition coefficient (Wildman–Crippen LogP) is 1.36. The van der Waals surface area contributed by atoms with Gasteiger partial charge in [0.15, 0.2) is 0 Å². The van der Waals surface area contributed by atoms with Gasteiger partial charge in [-0.15, -0.1) is 19.0 Å². The summed E-state index contributed by atoms with van der Waals surface area (Å²) in [5, 5.41) is 14.5. The molecule has 1 saturated heterocycles. The summed E-state index contributed by atoms with van der Waals surface area (Å²) < 4.78 is 41.3. The Labute approximate surface area is 214 Å². The van der Waals surface area contributed by atoms with Crippen molar-refractivity contribution in [1.29, 1.82) is 0 Å². The van der Waals surface area contributed by atoms with E-state index in [0.29, 0.717) is 42.5 Å². The van der Waals surface area contributed by atoms with Crippen LogP contribution in [-0.2, 0) is 32.7 Å². The minimum absolute atomic E-state index is 0. The second kappa shape index (κ2) is 9.31. The highest BCUT2D eigenvalue weighted by molar-refractivity contribution is 7.91. The minimum atomic E-state index is -3.76. The number of hydrogen-bond donors (Lipinski definition) is 4. The van der Waals surface area contributed by atoms with Gasteiger partial charge in [0.25, 0.3) is 5.91 Å². The van der Waals surface area contributed by atoms with Crippen molar-refractivity contribution in [1.82, 2.24) is 20.3 Å². The zero-order valence-electron chi connectivity index (χ0n) is 19.3. The van der Waals surface area contributed by atoms with E-state index in [0.717, 1.165) is 4.90 Å². The van der Waals surface area contributed by atoms with Crippen LogP contribution in [0, 0.1) is 11.7 Å². The molecule has 0 aromatic heterocycles. The average molecular weight is 543 g/mol. The highest BCUT2D eigenvalue weighted by Crippen LogP contribution is 2.45. The number of amides is 3. The summed E-state index contributed by atoms with van der Waals surface area (Å²) in [6.45, 7) is 4.21. The summed E-state index contributed by atoms with van der Waals surface area (Å²) in [7, 11) is -3.76. The largest absolute Gasteiger partial charge is 0.465 e. The Balaban J connectivity index is 0.00000304. The summed E-state index contributed by atoms with van der Waals surface area (Å²) in [4.78, 5) is 38.3. The van der Waals surface area contributed by atoms with Crippen molar-refractivity contribution >= 4 is 40.3 Å². The van der Waals surface area contributed by atoms with Crippen LogP contribution < -0.4 is 15.4 Å². The quantitative estimate of drug-likeness (QED) is 0.381. The highest BCUT2D eigenvalue weighted by atomic mass is 35.5. The van der Waals surface area contributed by atoms with Crippen LogP contribution in [-0.4, -0.2) is 59.7 Å². The lowest BCUT2D eigenvalue weighted by Gasteiger charge is -2.21. The molecule has 0 unspecified atom stereocenters. The van der Waals surface area contributed by atoms with Crippen LogP contribution >= 0.6 is 12.4 Å². The summed E-state index contributed by atoms with van der Waals surface area (Å²) in [6.07, 6.45) is 2.06. The molecule has 10 nitrogen and oxygen atoms in total. The maximum Gasteiger partial charge on any atom is 0.407 e. The molecule has 5 rings (SSSR count). The second-order valence-electron chi connectivity index (χ2n) is 9.85. The van der Waals surface area contributed by atoms with Crippen molar-refractivity contribution < 1.29 is 32.3 Å². The van der Waals surface area contributed by atoms with E-state index in [2.05, 4.69) is 21.9 Å². The molecule has 1 aromatic carbocycles. The smallest absolute Gasteiger partial charge is 0.407 e. The summed E-state index contributed by atoms with van der Waals surface area (Å²) in [5.74, 6) is -2.20. The first-order valence-corrected chi connectivity index (χ1v) is 13.1. The van der Waals surface area contributed by atoms with Crippen molar-refractivity contribution in [2.75, 3.05) is 6.54 Å². The number of carbonyl (C=O) groups excluding carboxylic acids is 2. The minimum Gasteiger partial charge on any atom is -0.465 e. The van der Waals surface area contributed by atoms with Gasteiger partial charge in [-0.1, -0.05) is 12.1 Å². The Morgan fingerprint density at radius 3 is 2.58 bits per heavy atom. The Morgan fingerprint density at radius 1 is 1.25 bits per heavy atom. The van der Waals surface area contributed by atoms with Crippen LogP contribution in [0.4, 0.5) is 9.18 Å². The van der Waals surface area contributed by atoms with Gasteiger partial charge in [-0.05, 0) is 48.8 Å². The lowest BCUT2D eigenvalue weighted by atomic mass is 9.93. The Hall–Kier alpha value is -2.70. The fraction of sp³-hybridized carbons (Fsp3) is 0.522. The number of halogens is 2. The summed E-state index contributed by atoms with van der Waals surface area (Å²) in [6, 6.07) is 2.53. The van der Waals surface area contributed by atoms with Gasteiger partial charge < -0.3 is 15.7 Å². The Bertz CT molecular complexity index is 1240. The summed E-state index contributed by atoms with van der Waals surface area (Å²) >= 11 is 0. The number of carbonyl (C=O) groups is 3. The zero-order chi connectivity index (χ0) is 25.1. The number of carboxylic acid groups (broad SMARTS) is 1. The molecular weight excluding hydrogens is 515 g/mol. The molecule has 13 heteroatoms. The van der Waals surface area contributed by atoms with Crippen LogP contribution in [0.3, 0.4) is 0 Å². The molecule has 0 bridgehead atoms. The monoisotopic (exact) mass is 542 g/mol.